The van der Waals surface area contributed by atoms with Crippen molar-refractivity contribution >= 4 is 11.4 Å². The molecule has 1 saturated heterocycles. The van der Waals surface area contributed by atoms with Crippen molar-refractivity contribution in [3.8, 4) is 0 Å². The van der Waals surface area contributed by atoms with E-state index >= 15 is 0 Å². The highest BCUT2D eigenvalue weighted by Crippen LogP contribution is 2.29. The van der Waals surface area contributed by atoms with Crippen LogP contribution in [0.3, 0.4) is 0 Å². The van der Waals surface area contributed by atoms with Crippen LogP contribution in [0.2, 0.25) is 0 Å². The maximum absolute atomic E-state index is 11.2. The van der Waals surface area contributed by atoms with Crippen LogP contribution in [-0.4, -0.2) is 29.5 Å². The third-order valence-corrected chi connectivity index (χ3v) is 3.97. The normalized spacial score (nSPS) is 16.4. The minimum Gasteiger partial charge on any atom is -0.379 e. The van der Waals surface area contributed by atoms with Gasteiger partial charge in [0.15, 0.2) is 0 Å². The first-order valence-electron chi connectivity index (χ1n) is 7.95. The Hall–Kier alpha value is -1.62. The summed E-state index contributed by atoms with van der Waals surface area (Å²) in [6.07, 6.45) is 6.01. The summed E-state index contributed by atoms with van der Waals surface area (Å²) in [4.78, 5) is 13.4. The summed E-state index contributed by atoms with van der Waals surface area (Å²) in [5.74, 6) is 0. The van der Waals surface area contributed by atoms with Crippen LogP contribution in [0.5, 0.6) is 0 Å². The van der Waals surface area contributed by atoms with Crippen LogP contribution in [0.4, 0.5) is 11.4 Å². The SMILES string of the molecule is CCCNc1c(CN2CCCCCC2)cccc1[N+](=O)[O-]. The van der Waals surface area contributed by atoms with Gasteiger partial charge < -0.3 is 5.32 Å². The molecule has 21 heavy (non-hydrogen) atoms. The second-order valence-electron chi connectivity index (χ2n) is 5.69. The standard InChI is InChI=1S/C16H25N3O2/c1-2-10-17-16-14(8-7-9-15(16)19(20)21)13-18-11-5-3-4-6-12-18/h7-9,17H,2-6,10-13H2,1H3. The number of hydrogen-bond acceptors (Lipinski definition) is 4. The molecular formula is C16H25N3O2. The molecule has 1 fully saturated rings. The van der Waals surface area contributed by atoms with Gasteiger partial charge in [-0.05, 0) is 37.9 Å². The molecule has 0 amide bonds. The summed E-state index contributed by atoms with van der Waals surface area (Å²) < 4.78 is 0. The van der Waals surface area contributed by atoms with Crippen molar-refractivity contribution < 1.29 is 4.92 Å². The van der Waals surface area contributed by atoms with Crippen LogP contribution in [-0.2, 0) is 6.54 Å². The maximum atomic E-state index is 11.2. The fraction of sp³-hybridized carbons (Fsp3) is 0.625. The van der Waals surface area contributed by atoms with Gasteiger partial charge >= 0.3 is 0 Å². The van der Waals surface area contributed by atoms with Crippen molar-refractivity contribution in [1.82, 2.24) is 4.90 Å². The van der Waals surface area contributed by atoms with Gasteiger partial charge in [-0.1, -0.05) is 31.9 Å². The van der Waals surface area contributed by atoms with Crippen molar-refractivity contribution in [3.05, 3.63) is 33.9 Å². The average Bonchev–Trinajstić information content (AvgIpc) is 2.74. The van der Waals surface area contributed by atoms with Gasteiger partial charge in [0.05, 0.1) is 4.92 Å². The Morgan fingerprint density at radius 2 is 1.95 bits per heavy atom. The largest absolute Gasteiger partial charge is 0.379 e. The van der Waals surface area contributed by atoms with E-state index in [2.05, 4.69) is 17.1 Å². The summed E-state index contributed by atoms with van der Waals surface area (Å²) in [6, 6.07) is 5.39. The molecule has 0 radical (unpaired) electrons. The van der Waals surface area contributed by atoms with Crippen molar-refractivity contribution in [3.63, 3.8) is 0 Å². The zero-order valence-corrected chi connectivity index (χ0v) is 12.8. The lowest BCUT2D eigenvalue weighted by molar-refractivity contribution is -0.384. The van der Waals surface area contributed by atoms with Crippen LogP contribution in [0.25, 0.3) is 0 Å². The average molecular weight is 291 g/mol. The lowest BCUT2D eigenvalue weighted by atomic mass is 10.1. The third-order valence-electron chi connectivity index (χ3n) is 3.97. The van der Waals surface area contributed by atoms with E-state index < -0.39 is 0 Å². The molecular weight excluding hydrogens is 266 g/mol. The first-order chi connectivity index (χ1) is 10.2. The molecule has 1 aromatic carbocycles. The zero-order chi connectivity index (χ0) is 15.1. The Morgan fingerprint density at radius 1 is 1.24 bits per heavy atom. The second kappa shape index (κ2) is 7.98. The number of nitrogens with one attached hydrogen (secondary N) is 1. The van der Waals surface area contributed by atoms with Crippen LogP contribution in [0.1, 0.15) is 44.6 Å². The number of rotatable bonds is 6. The Bertz CT molecular complexity index is 469. The molecule has 0 saturated carbocycles. The molecule has 0 atom stereocenters. The number of hydrogen-bond donors (Lipinski definition) is 1. The van der Waals surface area contributed by atoms with Crippen LogP contribution in [0.15, 0.2) is 18.2 Å². The molecule has 1 heterocycles. The van der Waals surface area contributed by atoms with E-state index in [1.807, 2.05) is 6.07 Å². The van der Waals surface area contributed by atoms with Gasteiger partial charge in [0.1, 0.15) is 5.69 Å². The summed E-state index contributed by atoms with van der Waals surface area (Å²) in [7, 11) is 0. The molecule has 5 nitrogen and oxygen atoms in total. The predicted octanol–water partition coefficient (Wildman–Crippen LogP) is 3.79. The van der Waals surface area contributed by atoms with Gasteiger partial charge in [-0.2, -0.15) is 0 Å². The summed E-state index contributed by atoms with van der Waals surface area (Å²) >= 11 is 0. The van der Waals surface area contributed by atoms with E-state index in [9.17, 15) is 10.1 Å². The fourth-order valence-electron chi connectivity index (χ4n) is 2.86. The minimum atomic E-state index is -0.288. The lowest BCUT2D eigenvalue weighted by Gasteiger charge is -2.21. The molecule has 1 aliphatic heterocycles. The van der Waals surface area contributed by atoms with E-state index in [0.29, 0.717) is 5.69 Å². The van der Waals surface area contributed by atoms with Gasteiger partial charge in [0.2, 0.25) is 0 Å². The third kappa shape index (κ3) is 4.43. The lowest BCUT2D eigenvalue weighted by Crippen LogP contribution is -2.24. The van der Waals surface area contributed by atoms with E-state index in [-0.39, 0.29) is 10.6 Å². The Morgan fingerprint density at radius 3 is 2.57 bits per heavy atom. The molecule has 2 rings (SSSR count). The molecule has 0 aromatic heterocycles. The first kappa shape index (κ1) is 15.8. The fourth-order valence-corrected chi connectivity index (χ4v) is 2.86. The molecule has 5 heteroatoms. The van der Waals surface area contributed by atoms with E-state index in [4.69, 9.17) is 0 Å². The second-order valence-corrected chi connectivity index (χ2v) is 5.69. The van der Waals surface area contributed by atoms with Crippen LogP contribution in [0, 0.1) is 10.1 Å². The number of nitro groups is 1. The summed E-state index contributed by atoms with van der Waals surface area (Å²) in [5.41, 5.74) is 1.93. The molecule has 116 valence electrons. The van der Waals surface area contributed by atoms with Crippen LogP contribution < -0.4 is 5.32 Å². The Kier molecular flexibility index (Phi) is 5.99. The molecule has 0 spiro atoms. The Labute approximate surface area is 126 Å². The predicted molar refractivity (Wildman–Crippen MR) is 85.6 cm³/mol. The molecule has 1 aromatic rings. The highest BCUT2D eigenvalue weighted by atomic mass is 16.6. The van der Waals surface area contributed by atoms with Gasteiger partial charge in [-0.15, -0.1) is 0 Å². The summed E-state index contributed by atoms with van der Waals surface area (Å²) in [5, 5.41) is 14.5. The van der Waals surface area contributed by atoms with Crippen molar-refractivity contribution in [2.75, 3.05) is 25.0 Å². The van der Waals surface area contributed by atoms with Crippen molar-refractivity contribution in [2.45, 2.75) is 45.6 Å². The summed E-state index contributed by atoms with van der Waals surface area (Å²) in [6.45, 7) is 5.81. The van der Waals surface area contributed by atoms with Crippen molar-refractivity contribution in [1.29, 1.82) is 0 Å². The smallest absolute Gasteiger partial charge is 0.292 e. The minimum absolute atomic E-state index is 0.191. The van der Waals surface area contributed by atoms with Crippen LogP contribution >= 0.6 is 0 Å². The zero-order valence-electron chi connectivity index (χ0n) is 12.8. The number of anilines is 1. The van der Waals surface area contributed by atoms with Gasteiger partial charge in [0, 0.05) is 19.2 Å². The van der Waals surface area contributed by atoms with E-state index in [1.54, 1.807) is 12.1 Å². The topological polar surface area (TPSA) is 58.4 Å². The van der Waals surface area contributed by atoms with Crippen molar-refractivity contribution in [2.24, 2.45) is 0 Å². The van der Waals surface area contributed by atoms with Gasteiger partial charge in [-0.3, -0.25) is 15.0 Å². The number of nitrogens with zero attached hydrogens (tertiary/aromatic N) is 2. The molecule has 1 N–H and O–H groups in total. The van der Waals surface area contributed by atoms with E-state index in [1.165, 1.54) is 25.7 Å². The van der Waals surface area contributed by atoms with E-state index in [0.717, 1.165) is 38.2 Å². The highest BCUT2D eigenvalue weighted by molar-refractivity contribution is 5.66. The highest BCUT2D eigenvalue weighted by Gasteiger charge is 2.19. The number of para-hydroxylation sites is 1. The van der Waals surface area contributed by atoms with Gasteiger partial charge in [0.25, 0.3) is 5.69 Å². The molecule has 0 aliphatic carbocycles. The monoisotopic (exact) mass is 291 g/mol. The van der Waals surface area contributed by atoms with Gasteiger partial charge in [-0.25, -0.2) is 0 Å². The Balaban J connectivity index is 2.19. The number of nitro benzene ring substituents is 1. The number of likely N-dealkylation sites (tertiary alicyclic amines) is 1. The number of benzene rings is 1. The maximum Gasteiger partial charge on any atom is 0.292 e. The molecule has 1 aliphatic rings. The first-order valence-corrected chi connectivity index (χ1v) is 7.95. The molecule has 0 unspecified atom stereocenters. The quantitative estimate of drug-likeness (QED) is 0.640. The molecule has 0 bridgehead atoms.